The second-order valence-electron chi connectivity index (χ2n) is 7.23. The third kappa shape index (κ3) is 2.88. The van der Waals surface area contributed by atoms with Crippen molar-refractivity contribution in [2.75, 3.05) is 6.54 Å². The van der Waals surface area contributed by atoms with E-state index in [1.807, 2.05) is 29.9 Å². The van der Waals surface area contributed by atoms with Crippen LogP contribution in [0.4, 0.5) is 4.39 Å². The van der Waals surface area contributed by atoms with Gasteiger partial charge >= 0.3 is 0 Å². The molecule has 5 nitrogen and oxygen atoms in total. The fraction of sp³-hybridized carbons (Fsp3) is 0.174. The highest BCUT2D eigenvalue weighted by Crippen LogP contribution is 2.31. The molecule has 3 heterocycles. The molecule has 0 atom stereocenters. The topological polar surface area (TPSA) is 51.0 Å². The molecule has 0 bridgehead atoms. The zero-order valence-corrected chi connectivity index (χ0v) is 16.0. The minimum Gasteiger partial charge on any atom is -0.332 e. The van der Waals surface area contributed by atoms with Gasteiger partial charge in [0.15, 0.2) is 0 Å². The fourth-order valence-corrected chi connectivity index (χ4v) is 4.15. The molecular formula is C23H19FN4O. The fourth-order valence-electron chi connectivity index (χ4n) is 4.15. The summed E-state index contributed by atoms with van der Waals surface area (Å²) < 4.78 is 16.0. The van der Waals surface area contributed by atoms with Gasteiger partial charge in [-0.1, -0.05) is 42.5 Å². The summed E-state index contributed by atoms with van der Waals surface area (Å²) in [7, 11) is 1.94. The average Bonchev–Trinajstić information content (AvgIpc) is 3.08. The Balaban J connectivity index is 1.50. The maximum absolute atomic E-state index is 14.1. The minimum atomic E-state index is -0.421. The number of rotatable bonds is 2. The number of aryl methyl sites for hydroxylation is 1. The number of fused-ring (bicyclic) bond motifs is 2. The van der Waals surface area contributed by atoms with Gasteiger partial charge in [0.2, 0.25) is 0 Å². The molecule has 0 N–H and O–H groups in total. The van der Waals surface area contributed by atoms with Gasteiger partial charge in [-0.3, -0.25) is 14.5 Å². The van der Waals surface area contributed by atoms with Crippen molar-refractivity contribution in [3.8, 4) is 11.3 Å². The Kier molecular flexibility index (Phi) is 4.12. The molecule has 1 aliphatic rings. The molecule has 1 aliphatic heterocycles. The maximum Gasteiger partial charge on any atom is 0.254 e. The number of hydrogen-bond donors (Lipinski definition) is 0. The normalized spacial score (nSPS) is 13.5. The van der Waals surface area contributed by atoms with E-state index in [4.69, 9.17) is 0 Å². The van der Waals surface area contributed by atoms with Crippen LogP contribution >= 0.6 is 0 Å². The van der Waals surface area contributed by atoms with E-state index in [-0.39, 0.29) is 11.4 Å². The lowest BCUT2D eigenvalue weighted by Gasteiger charge is -2.27. The van der Waals surface area contributed by atoms with Crippen LogP contribution in [0.25, 0.3) is 22.2 Å². The second-order valence-corrected chi connectivity index (χ2v) is 7.23. The van der Waals surface area contributed by atoms with Gasteiger partial charge in [-0.2, -0.15) is 5.10 Å². The largest absolute Gasteiger partial charge is 0.332 e. The van der Waals surface area contributed by atoms with Crippen LogP contribution in [0.1, 0.15) is 21.6 Å². The van der Waals surface area contributed by atoms with Crippen molar-refractivity contribution < 1.29 is 9.18 Å². The molecule has 0 unspecified atom stereocenters. The van der Waals surface area contributed by atoms with Crippen molar-refractivity contribution in [2.45, 2.75) is 13.0 Å². The van der Waals surface area contributed by atoms with Crippen LogP contribution in [-0.4, -0.2) is 32.1 Å². The van der Waals surface area contributed by atoms with Crippen molar-refractivity contribution in [3.63, 3.8) is 0 Å². The quantitative estimate of drug-likeness (QED) is 0.524. The van der Waals surface area contributed by atoms with Gasteiger partial charge in [-0.05, 0) is 18.6 Å². The molecule has 6 heteroatoms. The van der Waals surface area contributed by atoms with Crippen LogP contribution in [0, 0.1) is 5.82 Å². The van der Waals surface area contributed by atoms with E-state index in [0.717, 1.165) is 23.4 Å². The molecule has 144 valence electrons. The summed E-state index contributed by atoms with van der Waals surface area (Å²) in [5.74, 6) is -0.545. The van der Waals surface area contributed by atoms with E-state index < -0.39 is 5.82 Å². The Hall–Kier alpha value is -3.54. The van der Waals surface area contributed by atoms with Gasteiger partial charge in [0, 0.05) is 36.3 Å². The Morgan fingerprint density at radius 3 is 2.72 bits per heavy atom. The average molecular weight is 386 g/mol. The summed E-state index contributed by atoms with van der Waals surface area (Å²) in [6, 6.07) is 16.5. The van der Waals surface area contributed by atoms with Gasteiger partial charge in [0.25, 0.3) is 5.91 Å². The molecule has 0 saturated heterocycles. The first-order valence-electron chi connectivity index (χ1n) is 9.56. The van der Waals surface area contributed by atoms with Crippen molar-refractivity contribution in [1.82, 2.24) is 19.7 Å². The van der Waals surface area contributed by atoms with Crippen LogP contribution in [-0.2, 0) is 20.0 Å². The van der Waals surface area contributed by atoms with Gasteiger partial charge < -0.3 is 4.90 Å². The van der Waals surface area contributed by atoms with E-state index >= 15 is 0 Å². The number of benzene rings is 2. The van der Waals surface area contributed by atoms with Gasteiger partial charge in [-0.25, -0.2) is 4.39 Å². The molecule has 2 aromatic carbocycles. The smallest absolute Gasteiger partial charge is 0.254 e. The highest BCUT2D eigenvalue weighted by molar-refractivity contribution is 6.06. The number of hydrogen-bond acceptors (Lipinski definition) is 3. The predicted molar refractivity (Wildman–Crippen MR) is 109 cm³/mol. The predicted octanol–water partition coefficient (Wildman–Crippen LogP) is 3.97. The SMILES string of the molecule is Cn1nc2c(c1-c1ccccc1)CCN(C(=O)c1ccnc3c(F)cccc13)C2. The minimum absolute atomic E-state index is 0.124. The molecule has 0 saturated carbocycles. The van der Waals surface area contributed by atoms with E-state index in [1.165, 1.54) is 17.8 Å². The van der Waals surface area contributed by atoms with Crippen LogP contribution < -0.4 is 0 Å². The van der Waals surface area contributed by atoms with Crippen molar-refractivity contribution in [1.29, 1.82) is 0 Å². The van der Waals surface area contributed by atoms with Crippen LogP contribution in [0.2, 0.25) is 0 Å². The molecule has 29 heavy (non-hydrogen) atoms. The van der Waals surface area contributed by atoms with Crippen LogP contribution in [0.5, 0.6) is 0 Å². The molecular weight excluding hydrogens is 367 g/mol. The second kappa shape index (κ2) is 6.81. The highest BCUT2D eigenvalue weighted by Gasteiger charge is 2.28. The van der Waals surface area contributed by atoms with Crippen molar-refractivity contribution in [2.24, 2.45) is 7.05 Å². The van der Waals surface area contributed by atoms with Gasteiger partial charge in [0.05, 0.1) is 23.5 Å². The first kappa shape index (κ1) is 17.6. The zero-order valence-electron chi connectivity index (χ0n) is 16.0. The molecule has 4 aromatic rings. The Morgan fingerprint density at radius 1 is 1.07 bits per heavy atom. The summed E-state index contributed by atoms with van der Waals surface area (Å²) >= 11 is 0. The number of carbonyl (C=O) groups is 1. The first-order chi connectivity index (χ1) is 14.1. The lowest BCUT2D eigenvalue weighted by atomic mass is 9.99. The molecule has 1 amide bonds. The summed E-state index contributed by atoms with van der Waals surface area (Å²) in [4.78, 5) is 19.1. The Labute approximate surface area is 167 Å². The number of pyridine rings is 1. The van der Waals surface area contributed by atoms with E-state index in [0.29, 0.717) is 24.0 Å². The lowest BCUT2D eigenvalue weighted by Crippen LogP contribution is -2.36. The van der Waals surface area contributed by atoms with E-state index in [9.17, 15) is 9.18 Å². The molecule has 2 aromatic heterocycles. The molecule has 0 fully saturated rings. The molecule has 0 radical (unpaired) electrons. The molecule has 5 rings (SSSR count). The number of para-hydroxylation sites is 1. The third-order valence-electron chi connectivity index (χ3n) is 5.49. The number of aromatic nitrogens is 3. The zero-order chi connectivity index (χ0) is 20.0. The Morgan fingerprint density at radius 2 is 1.90 bits per heavy atom. The molecule has 0 aliphatic carbocycles. The monoisotopic (exact) mass is 386 g/mol. The van der Waals surface area contributed by atoms with Crippen molar-refractivity contribution >= 4 is 16.8 Å². The Bertz CT molecular complexity index is 1230. The number of nitrogens with zero attached hydrogens (tertiary/aromatic N) is 4. The molecule has 0 spiro atoms. The van der Waals surface area contributed by atoms with Crippen molar-refractivity contribution in [3.05, 3.63) is 83.4 Å². The summed E-state index contributed by atoms with van der Waals surface area (Å²) in [5.41, 5.74) is 5.02. The van der Waals surface area contributed by atoms with Gasteiger partial charge in [0.1, 0.15) is 11.3 Å². The van der Waals surface area contributed by atoms with Gasteiger partial charge in [-0.15, -0.1) is 0 Å². The number of halogens is 1. The summed E-state index contributed by atoms with van der Waals surface area (Å²) in [6.07, 6.45) is 2.22. The van der Waals surface area contributed by atoms with E-state index in [1.54, 1.807) is 23.1 Å². The summed E-state index contributed by atoms with van der Waals surface area (Å²) in [6.45, 7) is 1.03. The maximum atomic E-state index is 14.1. The number of amides is 1. The van der Waals surface area contributed by atoms with Crippen LogP contribution in [0.15, 0.2) is 60.8 Å². The standard InChI is InChI=1S/C23H19FN4O/c1-27-22(15-6-3-2-4-7-15)18-11-13-28(14-20(18)26-27)23(29)17-10-12-25-21-16(17)8-5-9-19(21)24/h2-10,12H,11,13-14H2,1H3. The highest BCUT2D eigenvalue weighted by atomic mass is 19.1. The summed E-state index contributed by atoms with van der Waals surface area (Å²) in [5, 5.41) is 5.22. The lowest BCUT2D eigenvalue weighted by molar-refractivity contribution is 0.0734. The number of carbonyl (C=O) groups excluding carboxylic acids is 1. The first-order valence-corrected chi connectivity index (χ1v) is 9.56. The third-order valence-corrected chi connectivity index (χ3v) is 5.49. The van der Waals surface area contributed by atoms with Crippen LogP contribution in [0.3, 0.4) is 0 Å². The van der Waals surface area contributed by atoms with E-state index in [2.05, 4.69) is 22.2 Å².